The first-order chi connectivity index (χ1) is 16.0. The Balaban J connectivity index is 1.72. The molecule has 3 N–H and O–H groups in total. The van der Waals surface area contributed by atoms with Crippen molar-refractivity contribution in [3.63, 3.8) is 0 Å². The number of nitrogens with one attached hydrogen (secondary N) is 1. The first-order valence-corrected chi connectivity index (χ1v) is 11.2. The summed E-state index contributed by atoms with van der Waals surface area (Å²) in [5, 5.41) is 3.29. The Morgan fingerprint density at radius 2 is 2.15 bits per heavy atom. The third-order valence-electron chi connectivity index (χ3n) is 5.97. The van der Waals surface area contributed by atoms with Gasteiger partial charge in [-0.25, -0.2) is 4.57 Å². The molecule has 0 radical (unpaired) electrons. The SMILES string of the molecule is COCCC[n+]1c(N)c(C(=O)NCCN2CCOCC2)cc2c(=O)n3cccc(C)c3nc21. The number of ether oxygens (including phenoxy) is 2. The highest BCUT2D eigenvalue weighted by Crippen LogP contribution is 2.16. The quantitative estimate of drug-likeness (QED) is 0.282. The van der Waals surface area contributed by atoms with Crippen molar-refractivity contribution in [3.05, 3.63) is 45.9 Å². The number of amides is 1. The van der Waals surface area contributed by atoms with Crippen LogP contribution in [0.25, 0.3) is 16.7 Å². The Labute approximate surface area is 191 Å². The fourth-order valence-corrected chi connectivity index (χ4v) is 4.13. The van der Waals surface area contributed by atoms with Gasteiger partial charge < -0.3 is 20.5 Å². The van der Waals surface area contributed by atoms with Crippen molar-refractivity contribution in [3.8, 4) is 0 Å². The van der Waals surface area contributed by atoms with Gasteiger partial charge in [-0.2, -0.15) is 0 Å². The standard InChI is InChI=1S/C23H30N6O4/c1-16-5-3-7-29-20(16)26-21-18(23(29)31)15-17(19(24)28(21)8-4-12-32-2)22(30)25-6-9-27-10-13-33-14-11-27/h3,5,7,15,24H,4,6,8-14H2,1-2H3,(H,25,30)/p+1. The molecule has 4 rings (SSSR count). The zero-order valence-corrected chi connectivity index (χ0v) is 19.2. The molecule has 1 amide bonds. The van der Waals surface area contributed by atoms with E-state index in [0.717, 1.165) is 25.2 Å². The molecule has 176 valence electrons. The minimum absolute atomic E-state index is 0.235. The molecule has 0 atom stereocenters. The number of methoxy groups -OCH3 is 1. The lowest BCUT2D eigenvalue weighted by Crippen LogP contribution is -2.44. The Hall–Kier alpha value is -3.08. The molecule has 0 saturated carbocycles. The maximum absolute atomic E-state index is 13.3. The monoisotopic (exact) mass is 455 g/mol. The van der Waals surface area contributed by atoms with Crippen LogP contribution in [-0.4, -0.2) is 73.3 Å². The van der Waals surface area contributed by atoms with Gasteiger partial charge in [0.25, 0.3) is 17.1 Å². The number of carbonyl (C=O) groups is 1. The summed E-state index contributed by atoms with van der Waals surface area (Å²) < 4.78 is 13.8. The topological polar surface area (TPSA) is 115 Å². The third-order valence-corrected chi connectivity index (χ3v) is 5.97. The number of pyridine rings is 2. The highest BCUT2D eigenvalue weighted by atomic mass is 16.5. The van der Waals surface area contributed by atoms with E-state index >= 15 is 0 Å². The van der Waals surface area contributed by atoms with Gasteiger partial charge in [0, 0.05) is 58.1 Å². The molecule has 1 saturated heterocycles. The number of rotatable bonds is 8. The predicted octanol–water partition coefficient (Wildman–Crippen LogP) is 0.124. The molecule has 3 aromatic rings. The van der Waals surface area contributed by atoms with Crippen LogP contribution in [0.1, 0.15) is 22.3 Å². The first-order valence-electron chi connectivity index (χ1n) is 11.2. The van der Waals surface area contributed by atoms with E-state index in [1.165, 1.54) is 4.40 Å². The van der Waals surface area contributed by atoms with E-state index in [1.54, 1.807) is 30.0 Å². The number of fused-ring (bicyclic) bond motifs is 2. The molecule has 0 spiro atoms. The number of carbonyl (C=O) groups excluding carboxylic acids is 1. The van der Waals surface area contributed by atoms with Gasteiger partial charge in [0.2, 0.25) is 11.5 Å². The van der Waals surface area contributed by atoms with Gasteiger partial charge in [0.15, 0.2) is 0 Å². The minimum Gasteiger partial charge on any atom is -0.385 e. The number of nitrogens with zero attached hydrogens (tertiary/aromatic N) is 4. The molecule has 0 aliphatic carbocycles. The summed E-state index contributed by atoms with van der Waals surface area (Å²) in [6, 6.07) is 5.27. The molecule has 4 heterocycles. The molecule has 10 nitrogen and oxygen atoms in total. The average Bonchev–Trinajstić information content (AvgIpc) is 2.82. The molecule has 0 unspecified atom stereocenters. The van der Waals surface area contributed by atoms with Crippen LogP contribution < -0.4 is 21.2 Å². The highest BCUT2D eigenvalue weighted by Gasteiger charge is 2.24. The van der Waals surface area contributed by atoms with Crippen molar-refractivity contribution in [2.24, 2.45) is 0 Å². The van der Waals surface area contributed by atoms with Gasteiger partial charge in [-0.1, -0.05) is 11.1 Å². The van der Waals surface area contributed by atoms with E-state index in [4.69, 9.17) is 20.2 Å². The molecule has 1 fully saturated rings. The fourth-order valence-electron chi connectivity index (χ4n) is 4.13. The third kappa shape index (κ3) is 4.82. The maximum Gasteiger partial charge on any atom is 0.278 e. The largest absolute Gasteiger partial charge is 0.385 e. The fraction of sp³-hybridized carbons (Fsp3) is 0.478. The summed E-state index contributed by atoms with van der Waals surface area (Å²) in [6.07, 6.45) is 2.35. The Bertz CT molecular complexity index is 1220. The molecule has 1 aliphatic heterocycles. The van der Waals surface area contributed by atoms with Crippen molar-refractivity contribution in [1.82, 2.24) is 19.6 Å². The Morgan fingerprint density at radius 1 is 1.36 bits per heavy atom. The second-order valence-electron chi connectivity index (χ2n) is 8.19. The Morgan fingerprint density at radius 3 is 2.91 bits per heavy atom. The van der Waals surface area contributed by atoms with Gasteiger partial charge in [-0.15, -0.1) is 0 Å². The Kier molecular flexibility index (Phi) is 7.17. The summed E-state index contributed by atoms with van der Waals surface area (Å²) in [5.74, 6) is -0.0239. The van der Waals surface area contributed by atoms with Gasteiger partial charge in [-0.05, 0) is 19.1 Å². The van der Waals surface area contributed by atoms with E-state index in [0.29, 0.717) is 56.0 Å². The van der Waals surface area contributed by atoms with Crippen LogP contribution >= 0.6 is 0 Å². The maximum atomic E-state index is 13.3. The summed E-state index contributed by atoms with van der Waals surface area (Å²) >= 11 is 0. The van der Waals surface area contributed by atoms with Crippen molar-refractivity contribution in [1.29, 1.82) is 0 Å². The van der Waals surface area contributed by atoms with Gasteiger partial charge in [-0.3, -0.25) is 18.9 Å². The van der Waals surface area contributed by atoms with Crippen molar-refractivity contribution >= 4 is 28.4 Å². The number of aryl methyl sites for hydroxylation is 2. The van der Waals surface area contributed by atoms with Crippen molar-refractivity contribution < 1.29 is 18.8 Å². The van der Waals surface area contributed by atoms with Crippen LogP contribution in [0.3, 0.4) is 0 Å². The van der Waals surface area contributed by atoms with Gasteiger partial charge in [0.05, 0.1) is 19.8 Å². The lowest BCUT2D eigenvalue weighted by Gasteiger charge is -2.26. The van der Waals surface area contributed by atoms with Crippen LogP contribution in [0.2, 0.25) is 0 Å². The second-order valence-corrected chi connectivity index (χ2v) is 8.19. The van der Waals surface area contributed by atoms with E-state index in [1.807, 2.05) is 13.0 Å². The van der Waals surface area contributed by atoms with Crippen LogP contribution in [0.15, 0.2) is 29.2 Å². The summed E-state index contributed by atoms with van der Waals surface area (Å²) in [5.41, 5.74) is 8.41. The number of nitrogens with two attached hydrogens (primary N) is 1. The number of nitrogen functional groups attached to an aromatic ring is 1. The number of aromatic nitrogens is 3. The lowest BCUT2D eigenvalue weighted by molar-refractivity contribution is -0.659. The van der Waals surface area contributed by atoms with Crippen LogP contribution in [0, 0.1) is 6.92 Å². The molecule has 3 aromatic heterocycles. The van der Waals surface area contributed by atoms with Crippen molar-refractivity contribution in [2.45, 2.75) is 19.9 Å². The summed E-state index contributed by atoms with van der Waals surface area (Å²) in [6.45, 7) is 7.22. The van der Waals surface area contributed by atoms with Crippen LogP contribution in [-0.2, 0) is 16.0 Å². The van der Waals surface area contributed by atoms with Gasteiger partial charge >= 0.3 is 0 Å². The average molecular weight is 456 g/mol. The van der Waals surface area contributed by atoms with E-state index in [9.17, 15) is 9.59 Å². The van der Waals surface area contributed by atoms with Crippen molar-refractivity contribution in [2.75, 3.05) is 58.8 Å². The number of hydrogen-bond acceptors (Lipinski definition) is 7. The molecule has 33 heavy (non-hydrogen) atoms. The number of hydrogen-bond donors (Lipinski definition) is 2. The lowest BCUT2D eigenvalue weighted by atomic mass is 10.1. The summed E-state index contributed by atoms with van der Waals surface area (Å²) in [4.78, 5) is 33.4. The van der Waals surface area contributed by atoms with E-state index in [-0.39, 0.29) is 22.8 Å². The smallest absolute Gasteiger partial charge is 0.278 e. The molecule has 10 heteroatoms. The minimum atomic E-state index is -0.308. The summed E-state index contributed by atoms with van der Waals surface area (Å²) in [7, 11) is 1.63. The second kappa shape index (κ2) is 10.2. The zero-order valence-electron chi connectivity index (χ0n) is 19.2. The predicted molar refractivity (Wildman–Crippen MR) is 124 cm³/mol. The van der Waals surface area contributed by atoms with Crippen LogP contribution in [0.4, 0.5) is 5.82 Å². The van der Waals surface area contributed by atoms with Crippen LogP contribution in [0.5, 0.6) is 0 Å². The van der Waals surface area contributed by atoms with Gasteiger partial charge in [0.1, 0.15) is 10.9 Å². The first kappa shape index (κ1) is 23.1. The highest BCUT2D eigenvalue weighted by molar-refractivity contribution is 6.00. The molecule has 0 aromatic carbocycles. The number of anilines is 1. The zero-order chi connectivity index (χ0) is 23.4. The molecule has 1 aliphatic rings. The molecular weight excluding hydrogens is 424 g/mol. The number of morpholine rings is 1. The normalized spacial score (nSPS) is 14.7. The van der Waals surface area contributed by atoms with E-state index in [2.05, 4.69) is 10.2 Å². The van der Waals surface area contributed by atoms with E-state index < -0.39 is 0 Å². The molecular formula is C23H31N6O4+. The molecule has 0 bridgehead atoms.